The average molecular weight is 320 g/mol. The van der Waals surface area contributed by atoms with E-state index in [0.29, 0.717) is 23.1 Å². The van der Waals surface area contributed by atoms with Crippen LogP contribution >= 0.6 is 34.8 Å². The Hall–Kier alpha value is -1.03. The summed E-state index contributed by atoms with van der Waals surface area (Å²) in [6.45, 7) is 2.47. The van der Waals surface area contributed by atoms with Crippen molar-refractivity contribution >= 4 is 46.3 Å². The fraction of sp³-hybridized carbons (Fsp3) is 0.154. The Bertz CT molecular complexity index is 604. The molecule has 0 spiro atoms. The molecule has 2 nitrogen and oxygen atoms in total. The lowest BCUT2D eigenvalue weighted by Crippen LogP contribution is -2.18. The Morgan fingerprint density at radius 1 is 1.16 bits per heavy atom. The number of pyridine rings is 1. The van der Waals surface area contributed by atoms with E-state index < -0.39 is 0 Å². The Labute approximate surface area is 125 Å². The molecule has 0 saturated heterocycles. The number of anilines is 2. The van der Waals surface area contributed by atoms with Gasteiger partial charge in [-0.1, -0.05) is 40.9 Å². The van der Waals surface area contributed by atoms with Gasteiger partial charge in [0.1, 0.15) is 11.0 Å². The molecule has 0 amide bonds. The van der Waals surface area contributed by atoms with Crippen LogP contribution < -0.4 is 4.90 Å². The standard InChI is InChI=1S/C13H10Cl3FN2/c1-2-19(9-5-3-4-8(17)6-9)13-11(15)7-10(14)12(16)18-13/h3-7H,2H2,1H3. The fourth-order valence-corrected chi connectivity index (χ4v) is 2.32. The van der Waals surface area contributed by atoms with E-state index in [-0.39, 0.29) is 16.0 Å². The summed E-state index contributed by atoms with van der Waals surface area (Å²) in [7, 11) is 0. The third kappa shape index (κ3) is 3.11. The average Bonchev–Trinajstić information content (AvgIpc) is 2.36. The molecule has 0 aliphatic rings. The third-order valence-corrected chi connectivity index (χ3v) is 3.51. The Balaban J connectivity index is 2.51. The van der Waals surface area contributed by atoms with E-state index in [1.54, 1.807) is 17.0 Å². The number of nitrogens with zero attached hydrogens (tertiary/aromatic N) is 2. The van der Waals surface area contributed by atoms with Crippen LogP contribution in [0.2, 0.25) is 15.2 Å². The highest BCUT2D eigenvalue weighted by atomic mass is 35.5. The van der Waals surface area contributed by atoms with Crippen molar-refractivity contribution in [2.75, 3.05) is 11.4 Å². The van der Waals surface area contributed by atoms with Crippen LogP contribution in [-0.4, -0.2) is 11.5 Å². The molecule has 6 heteroatoms. The fourth-order valence-electron chi connectivity index (χ4n) is 1.72. The minimum Gasteiger partial charge on any atom is -0.325 e. The van der Waals surface area contributed by atoms with Crippen LogP contribution in [0.1, 0.15) is 6.92 Å². The maximum absolute atomic E-state index is 13.3. The lowest BCUT2D eigenvalue weighted by atomic mass is 10.2. The van der Waals surface area contributed by atoms with E-state index in [9.17, 15) is 4.39 Å². The molecule has 0 radical (unpaired) electrons. The maximum Gasteiger partial charge on any atom is 0.153 e. The van der Waals surface area contributed by atoms with Gasteiger partial charge in [-0.05, 0) is 31.2 Å². The van der Waals surface area contributed by atoms with Gasteiger partial charge in [-0.2, -0.15) is 0 Å². The summed E-state index contributed by atoms with van der Waals surface area (Å²) in [5.41, 5.74) is 0.648. The third-order valence-electron chi connectivity index (χ3n) is 2.56. The molecular formula is C13H10Cl3FN2. The van der Waals surface area contributed by atoms with Gasteiger partial charge in [0.25, 0.3) is 0 Å². The zero-order valence-corrected chi connectivity index (χ0v) is 12.3. The van der Waals surface area contributed by atoms with Gasteiger partial charge in [0.2, 0.25) is 0 Å². The summed E-state index contributed by atoms with van der Waals surface area (Å²) in [5, 5.41) is 0.808. The number of hydrogen-bond acceptors (Lipinski definition) is 2. The first-order valence-electron chi connectivity index (χ1n) is 5.57. The molecule has 1 heterocycles. The summed E-state index contributed by atoms with van der Waals surface area (Å²) in [5.74, 6) is 0.122. The number of hydrogen-bond donors (Lipinski definition) is 0. The van der Waals surface area contributed by atoms with Crippen molar-refractivity contribution < 1.29 is 4.39 Å². The molecule has 0 saturated carbocycles. The zero-order valence-electron chi connectivity index (χ0n) is 10.0. The summed E-state index contributed by atoms with van der Waals surface area (Å²) in [6, 6.07) is 7.70. The van der Waals surface area contributed by atoms with Crippen molar-refractivity contribution in [2.24, 2.45) is 0 Å². The van der Waals surface area contributed by atoms with Crippen molar-refractivity contribution in [3.8, 4) is 0 Å². The molecule has 0 fully saturated rings. The molecule has 0 N–H and O–H groups in total. The second kappa shape index (κ2) is 5.95. The second-order valence-corrected chi connectivity index (χ2v) is 4.96. The minimum absolute atomic E-state index is 0.163. The monoisotopic (exact) mass is 318 g/mol. The maximum atomic E-state index is 13.3. The highest BCUT2D eigenvalue weighted by Crippen LogP contribution is 2.34. The van der Waals surface area contributed by atoms with Crippen molar-refractivity contribution in [1.29, 1.82) is 0 Å². The van der Waals surface area contributed by atoms with E-state index in [0.717, 1.165) is 0 Å². The van der Waals surface area contributed by atoms with Gasteiger partial charge in [0.05, 0.1) is 10.0 Å². The first-order valence-corrected chi connectivity index (χ1v) is 6.71. The Morgan fingerprint density at radius 2 is 1.89 bits per heavy atom. The van der Waals surface area contributed by atoms with Gasteiger partial charge < -0.3 is 4.90 Å². The van der Waals surface area contributed by atoms with Crippen molar-refractivity contribution in [3.63, 3.8) is 0 Å². The molecule has 1 aromatic heterocycles. The molecule has 1 aromatic carbocycles. The number of halogens is 4. The van der Waals surface area contributed by atoms with Crippen LogP contribution in [0.15, 0.2) is 30.3 Å². The van der Waals surface area contributed by atoms with E-state index in [2.05, 4.69) is 4.98 Å². The zero-order chi connectivity index (χ0) is 14.0. The topological polar surface area (TPSA) is 16.1 Å². The van der Waals surface area contributed by atoms with Gasteiger partial charge in [-0.15, -0.1) is 0 Å². The van der Waals surface area contributed by atoms with Crippen LogP contribution in [0.25, 0.3) is 0 Å². The Kier molecular flexibility index (Phi) is 4.50. The molecule has 19 heavy (non-hydrogen) atoms. The van der Waals surface area contributed by atoms with Crippen LogP contribution in [0.5, 0.6) is 0 Å². The van der Waals surface area contributed by atoms with Gasteiger partial charge >= 0.3 is 0 Å². The number of benzene rings is 1. The van der Waals surface area contributed by atoms with Crippen LogP contribution in [0, 0.1) is 5.82 Å². The van der Waals surface area contributed by atoms with Gasteiger partial charge in [0.15, 0.2) is 5.82 Å². The predicted molar refractivity (Wildman–Crippen MR) is 78.3 cm³/mol. The molecule has 0 bridgehead atoms. The van der Waals surface area contributed by atoms with Crippen molar-refractivity contribution in [3.05, 3.63) is 51.3 Å². The first-order chi connectivity index (χ1) is 9.02. The molecule has 2 rings (SSSR count). The SMILES string of the molecule is CCN(c1cccc(F)c1)c1nc(Cl)c(Cl)cc1Cl. The molecule has 100 valence electrons. The quantitative estimate of drug-likeness (QED) is 0.710. The normalized spacial score (nSPS) is 10.6. The molecule has 2 aromatic rings. The smallest absolute Gasteiger partial charge is 0.153 e. The Morgan fingerprint density at radius 3 is 2.53 bits per heavy atom. The van der Waals surface area contributed by atoms with Gasteiger partial charge in [-0.25, -0.2) is 9.37 Å². The highest BCUT2D eigenvalue weighted by Gasteiger charge is 2.15. The molecule has 0 atom stereocenters. The van der Waals surface area contributed by atoms with Gasteiger partial charge in [0, 0.05) is 12.2 Å². The number of aromatic nitrogens is 1. The second-order valence-electron chi connectivity index (χ2n) is 3.79. The van der Waals surface area contributed by atoms with Crippen molar-refractivity contribution in [2.45, 2.75) is 6.92 Å². The summed E-state index contributed by atoms with van der Waals surface area (Å²) in [4.78, 5) is 5.91. The lowest BCUT2D eigenvalue weighted by molar-refractivity contribution is 0.627. The van der Waals surface area contributed by atoms with Gasteiger partial charge in [-0.3, -0.25) is 0 Å². The molecule has 0 unspecified atom stereocenters. The first kappa shape index (κ1) is 14.4. The summed E-state index contributed by atoms with van der Waals surface area (Å²) < 4.78 is 13.3. The summed E-state index contributed by atoms with van der Waals surface area (Å²) >= 11 is 17.9. The predicted octanol–water partition coefficient (Wildman–Crippen LogP) is 5.34. The van der Waals surface area contributed by atoms with Crippen LogP contribution in [0.3, 0.4) is 0 Å². The van der Waals surface area contributed by atoms with E-state index in [1.165, 1.54) is 18.2 Å². The van der Waals surface area contributed by atoms with Crippen LogP contribution in [-0.2, 0) is 0 Å². The summed E-state index contributed by atoms with van der Waals surface area (Å²) in [6.07, 6.45) is 0. The van der Waals surface area contributed by atoms with E-state index in [1.807, 2.05) is 6.92 Å². The largest absolute Gasteiger partial charge is 0.325 e. The van der Waals surface area contributed by atoms with Crippen molar-refractivity contribution in [1.82, 2.24) is 4.98 Å². The molecule has 0 aliphatic carbocycles. The highest BCUT2D eigenvalue weighted by molar-refractivity contribution is 6.43. The van der Waals surface area contributed by atoms with Crippen LogP contribution in [0.4, 0.5) is 15.9 Å². The van der Waals surface area contributed by atoms with E-state index in [4.69, 9.17) is 34.8 Å². The molecule has 0 aliphatic heterocycles. The molecular weight excluding hydrogens is 310 g/mol. The lowest BCUT2D eigenvalue weighted by Gasteiger charge is -2.23. The minimum atomic E-state index is -0.327. The number of rotatable bonds is 3. The van der Waals surface area contributed by atoms with E-state index >= 15 is 0 Å².